The molecule has 1 amide bonds. The second kappa shape index (κ2) is 8.59. The van der Waals surface area contributed by atoms with Crippen LogP contribution in [0.2, 0.25) is 0 Å². The van der Waals surface area contributed by atoms with Gasteiger partial charge in [0.2, 0.25) is 0 Å². The normalized spacial score (nSPS) is 15.3. The number of fused-ring (bicyclic) bond motifs is 1. The molecule has 4 aromatic carbocycles. The number of carbonyl (C=O) groups is 1. The van der Waals surface area contributed by atoms with E-state index >= 15 is 0 Å². The highest BCUT2D eigenvalue weighted by atomic mass is 16.6. The predicted octanol–water partition coefficient (Wildman–Crippen LogP) is 5.96. The van der Waals surface area contributed by atoms with E-state index in [1.165, 1.54) is 6.07 Å². The maximum absolute atomic E-state index is 13.8. The third-order valence-electron chi connectivity index (χ3n) is 5.84. The number of nitro benzene ring substituents is 1. The van der Waals surface area contributed by atoms with Gasteiger partial charge in [-0.1, -0.05) is 72.8 Å². The Morgan fingerprint density at radius 3 is 2.09 bits per heavy atom. The van der Waals surface area contributed by atoms with E-state index in [1.807, 2.05) is 78.9 Å². The molecule has 6 nitrogen and oxygen atoms in total. The van der Waals surface area contributed by atoms with Gasteiger partial charge in [0.05, 0.1) is 21.7 Å². The Labute approximate surface area is 191 Å². The van der Waals surface area contributed by atoms with Crippen molar-refractivity contribution in [2.75, 3.05) is 9.80 Å². The molecule has 6 heteroatoms. The molecule has 0 spiro atoms. The fraction of sp³-hybridized carbons (Fsp3) is 0.0741. The monoisotopic (exact) mass is 435 g/mol. The second-order valence-corrected chi connectivity index (χ2v) is 7.83. The van der Waals surface area contributed by atoms with Crippen molar-refractivity contribution in [2.24, 2.45) is 0 Å². The molecule has 1 aliphatic rings. The summed E-state index contributed by atoms with van der Waals surface area (Å²) in [6.07, 6.45) is -0.698. The Morgan fingerprint density at radius 1 is 0.758 bits per heavy atom. The summed E-state index contributed by atoms with van der Waals surface area (Å²) in [5.41, 5.74) is 3.48. The first-order valence-corrected chi connectivity index (χ1v) is 10.7. The van der Waals surface area contributed by atoms with Crippen molar-refractivity contribution in [1.29, 1.82) is 0 Å². The molecule has 162 valence electrons. The number of amides is 1. The van der Waals surface area contributed by atoms with E-state index in [1.54, 1.807) is 29.2 Å². The summed E-state index contributed by atoms with van der Waals surface area (Å²) in [7, 11) is 0. The molecule has 0 N–H and O–H groups in total. The number of para-hydroxylation sites is 3. The van der Waals surface area contributed by atoms with Gasteiger partial charge < -0.3 is 4.90 Å². The molecule has 33 heavy (non-hydrogen) atoms. The van der Waals surface area contributed by atoms with Crippen LogP contribution in [0.4, 0.5) is 17.1 Å². The zero-order valence-electron chi connectivity index (χ0n) is 17.7. The van der Waals surface area contributed by atoms with Crippen LogP contribution in [0.5, 0.6) is 0 Å². The lowest BCUT2D eigenvalue weighted by molar-refractivity contribution is -0.385. The van der Waals surface area contributed by atoms with Gasteiger partial charge in [0, 0.05) is 18.3 Å². The number of nitrogens with zero attached hydrogens (tertiary/aromatic N) is 3. The molecular formula is C27H21N3O3. The van der Waals surface area contributed by atoms with Gasteiger partial charge in [-0.05, 0) is 35.9 Å². The first-order valence-electron chi connectivity index (χ1n) is 10.7. The van der Waals surface area contributed by atoms with Crippen LogP contribution >= 0.6 is 0 Å². The topological polar surface area (TPSA) is 66.7 Å². The van der Waals surface area contributed by atoms with E-state index in [0.29, 0.717) is 23.4 Å². The third kappa shape index (κ3) is 3.72. The molecule has 0 saturated heterocycles. The van der Waals surface area contributed by atoms with Crippen molar-refractivity contribution < 1.29 is 9.72 Å². The molecular weight excluding hydrogens is 414 g/mol. The molecule has 0 saturated carbocycles. The lowest BCUT2D eigenvalue weighted by Crippen LogP contribution is -2.49. The van der Waals surface area contributed by atoms with Crippen molar-refractivity contribution in [1.82, 2.24) is 0 Å². The molecule has 0 aliphatic carbocycles. The Morgan fingerprint density at radius 2 is 1.36 bits per heavy atom. The van der Waals surface area contributed by atoms with Crippen molar-refractivity contribution in [3.8, 4) is 0 Å². The highest BCUT2D eigenvalue weighted by molar-refractivity contribution is 6.12. The van der Waals surface area contributed by atoms with E-state index in [4.69, 9.17) is 0 Å². The Balaban J connectivity index is 1.77. The summed E-state index contributed by atoms with van der Waals surface area (Å²) in [5, 5.41) is 12.0. The fourth-order valence-corrected chi connectivity index (χ4v) is 4.39. The number of rotatable bonds is 5. The maximum atomic E-state index is 13.8. The summed E-state index contributed by atoms with van der Waals surface area (Å²) in [5.74, 6) is -0.190. The van der Waals surface area contributed by atoms with Gasteiger partial charge in [-0.2, -0.15) is 0 Å². The minimum atomic E-state index is -0.698. The van der Waals surface area contributed by atoms with Crippen LogP contribution in [0.1, 0.15) is 27.7 Å². The highest BCUT2D eigenvalue weighted by Gasteiger charge is 2.41. The Bertz CT molecular complexity index is 1310. The van der Waals surface area contributed by atoms with Crippen molar-refractivity contribution in [3.05, 3.63) is 136 Å². The molecule has 1 atom stereocenters. The van der Waals surface area contributed by atoms with Crippen molar-refractivity contribution >= 4 is 23.0 Å². The van der Waals surface area contributed by atoms with Gasteiger partial charge in [-0.15, -0.1) is 0 Å². The van der Waals surface area contributed by atoms with Crippen molar-refractivity contribution in [3.63, 3.8) is 0 Å². The Kier molecular flexibility index (Phi) is 5.32. The largest absolute Gasteiger partial charge is 0.342 e. The average molecular weight is 435 g/mol. The zero-order valence-corrected chi connectivity index (χ0v) is 17.7. The van der Waals surface area contributed by atoms with Crippen LogP contribution in [0.3, 0.4) is 0 Å². The van der Waals surface area contributed by atoms with Crippen LogP contribution in [0.15, 0.2) is 109 Å². The number of carbonyl (C=O) groups excluding carboxylic acids is 1. The van der Waals surface area contributed by atoms with Crippen LogP contribution in [0.25, 0.3) is 0 Å². The van der Waals surface area contributed by atoms with Crippen LogP contribution < -0.4 is 9.80 Å². The number of hydrogen-bond acceptors (Lipinski definition) is 4. The fourth-order valence-electron chi connectivity index (χ4n) is 4.39. The highest BCUT2D eigenvalue weighted by Crippen LogP contribution is 2.44. The van der Waals surface area contributed by atoms with Crippen LogP contribution in [-0.4, -0.2) is 10.8 Å². The van der Waals surface area contributed by atoms with Crippen LogP contribution in [-0.2, 0) is 6.54 Å². The van der Waals surface area contributed by atoms with Gasteiger partial charge in [0.1, 0.15) is 6.17 Å². The van der Waals surface area contributed by atoms with E-state index in [0.717, 1.165) is 11.3 Å². The number of anilines is 2. The molecule has 0 unspecified atom stereocenters. The minimum Gasteiger partial charge on any atom is -0.342 e. The average Bonchev–Trinajstić information content (AvgIpc) is 2.86. The number of benzene rings is 4. The van der Waals surface area contributed by atoms with Gasteiger partial charge in [0.15, 0.2) is 0 Å². The molecule has 0 bridgehead atoms. The minimum absolute atomic E-state index is 0.0197. The van der Waals surface area contributed by atoms with E-state index in [9.17, 15) is 14.9 Å². The summed E-state index contributed by atoms with van der Waals surface area (Å²) in [6, 6.07) is 33.3. The van der Waals surface area contributed by atoms with Gasteiger partial charge >= 0.3 is 0 Å². The zero-order chi connectivity index (χ0) is 22.8. The predicted molar refractivity (Wildman–Crippen MR) is 128 cm³/mol. The second-order valence-electron chi connectivity index (χ2n) is 7.83. The molecule has 1 aliphatic heterocycles. The molecule has 1 heterocycles. The van der Waals surface area contributed by atoms with Crippen molar-refractivity contribution in [2.45, 2.75) is 12.7 Å². The van der Waals surface area contributed by atoms with Gasteiger partial charge in [-0.3, -0.25) is 19.8 Å². The first kappa shape index (κ1) is 20.5. The lowest BCUT2D eigenvalue weighted by Gasteiger charge is -2.45. The molecule has 0 radical (unpaired) electrons. The molecule has 0 fully saturated rings. The molecule has 5 rings (SSSR count). The van der Waals surface area contributed by atoms with Crippen LogP contribution in [0, 0.1) is 10.1 Å². The standard InChI is InChI=1S/C27H21N3O3/c31-27-23-16-8-9-17-24(23)28(19-20-11-3-1-4-12-20)26(29(27)21-13-5-2-6-14-21)22-15-7-10-18-25(22)30(32)33/h1-18,26H,19H2/t26-/m1/s1. The third-order valence-corrected chi connectivity index (χ3v) is 5.84. The summed E-state index contributed by atoms with van der Waals surface area (Å²) in [4.78, 5) is 29.1. The molecule has 4 aromatic rings. The van der Waals surface area contributed by atoms with E-state index in [-0.39, 0.29) is 16.5 Å². The van der Waals surface area contributed by atoms with E-state index in [2.05, 4.69) is 4.90 Å². The summed E-state index contributed by atoms with van der Waals surface area (Å²) >= 11 is 0. The Hall–Kier alpha value is -4.45. The lowest BCUT2D eigenvalue weighted by atomic mass is 9.98. The quantitative estimate of drug-likeness (QED) is 0.287. The van der Waals surface area contributed by atoms with E-state index < -0.39 is 6.17 Å². The number of hydrogen-bond donors (Lipinski definition) is 0. The number of nitro groups is 1. The smallest absolute Gasteiger partial charge is 0.276 e. The SMILES string of the molecule is O=C1c2ccccc2N(Cc2ccccc2)[C@@H](c2ccccc2[N+](=O)[O-])N1c1ccccc1. The molecule has 0 aromatic heterocycles. The first-order chi connectivity index (χ1) is 16.1. The van der Waals surface area contributed by atoms with Gasteiger partial charge in [0.25, 0.3) is 11.6 Å². The summed E-state index contributed by atoms with van der Waals surface area (Å²) in [6.45, 7) is 0.477. The summed E-state index contributed by atoms with van der Waals surface area (Å²) < 4.78 is 0. The van der Waals surface area contributed by atoms with Gasteiger partial charge in [-0.25, -0.2) is 0 Å². The maximum Gasteiger partial charge on any atom is 0.276 e.